The molecule has 0 saturated carbocycles. The fourth-order valence-corrected chi connectivity index (χ4v) is 2.98. The van der Waals surface area contributed by atoms with Gasteiger partial charge in [0.25, 0.3) is 0 Å². The van der Waals surface area contributed by atoms with Gasteiger partial charge in [-0.2, -0.15) is 5.10 Å². The van der Waals surface area contributed by atoms with Gasteiger partial charge in [0, 0.05) is 38.0 Å². The van der Waals surface area contributed by atoms with Crippen LogP contribution >= 0.6 is 0 Å². The summed E-state index contributed by atoms with van der Waals surface area (Å²) >= 11 is 0. The number of nitrogens with zero attached hydrogens (tertiary/aromatic N) is 3. The number of hydrogen-bond donors (Lipinski definition) is 1. The molecule has 0 aromatic carbocycles. The molecular weight excluding hydrogens is 226 g/mol. The van der Waals surface area contributed by atoms with E-state index in [-0.39, 0.29) is 0 Å². The summed E-state index contributed by atoms with van der Waals surface area (Å²) in [5, 5.41) is 13.7. The number of piperidine rings is 1. The third-order valence-corrected chi connectivity index (χ3v) is 3.91. The van der Waals surface area contributed by atoms with Crippen molar-refractivity contribution < 1.29 is 5.11 Å². The summed E-state index contributed by atoms with van der Waals surface area (Å²) < 4.78 is 1.92. The zero-order valence-corrected chi connectivity index (χ0v) is 11.6. The highest BCUT2D eigenvalue weighted by Crippen LogP contribution is 2.22. The first-order valence-corrected chi connectivity index (χ1v) is 7.11. The van der Waals surface area contributed by atoms with Gasteiger partial charge < -0.3 is 5.11 Å². The molecule has 1 fully saturated rings. The second-order valence-electron chi connectivity index (χ2n) is 5.26. The Hall–Kier alpha value is -0.870. The van der Waals surface area contributed by atoms with Crippen molar-refractivity contribution in [3.05, 3.63) is 17.5 Å². The number of aromatic nitrogens is 2. The van der Waals surface area contributed by atoms with E-state index >= 15 is 0 Å². The molecule has 1 N–H and O–H groups in total. The fraction of sp³-hybridized carbons (Fsp3) is 0.786. The third kappa shape index (κ3) is 3.12. The van der Waals surface area contributed by atoms with Crippen LogP contribution < -0.4 is 0 Å². The minimum Gasteiger partial charge on any atom is -0.396 e. The highest BCUT2D eigenvalue weighted by Gasteiger charge is 2.23. The summed E-state index contributed by atoms with van der Waals surface area (Å²) in [6, 6.07) is 0.550. The molecule has 0 radical (unpaired) electrons. The molecule has 4 nitrogen and oxygen atoms in total. The van der Waals surface area contributed by atoms with Gasteiger partial charge in [-0.3, -0.25) is 9.58 Å². The molecule has 2 rings (SSSR count). The molecule has 1 unspecified atom stereocenters. The molecule has 18 heavy (non-hydrogen) atoms. The summed E-state index contributed by atoms with van der Waals surface area (Å²) in [4.78, 5) is 2.52. The van der Waals surface area contributed by atoms with Gasteiger partial charge in [-0.15, -0.1) is 0 Å². The van der Waals surface area contributed by atoms with Crippen molar-refractivity contribution in [2.45, 2.75) is 51.6 Å². The van der Waals surface area contributed by atoms with Gasteiger partial charge in [-0.1, -0.05) is 13.3 Å². The van der Waals surface area contributed by atoms with Gasteiger partial charge in [0.05, 0.1) is 5.69 Å². The zero-order chi connectivity index (χ0) is 13.0. The Labute approximate surface area is 110 Å². The summed E-state index contributed by atoms with van der Waals surface area (Å²) in [6.07, 6.45) is 7.85. The largest absolute Gasteiger partial charge is 0.396 e. The van der Waals surface area contributed by atoms with Crippen LogP contribution in [0.15, 0.2) is 6.20 Å². The number of rotatable bonds is 5. The molecule has 0 spiro atoms. The normalized spacial score (nSPS) is 21.4. The lowest BCUT2D eigenvalue weighted by Gasteiger charge is -2.35. The van der Waals surface area contributed by atoms with Crippen molar-refractivity contribution in [1.29, 1.82) is 0 Å². The van der Waals surface area contributed by atoms with Gasteiger partial charge in [-0.25, -0.2) is 0 Å². The van der Waals surface area contributed by atoms with E-state index in [9.17, 15) is 0 Å². The first-order chi connectivity index (χ1) is 8.74. The number of hydrogen-bond acceptors (Lipinski definition) is 3. The van der Waals surface area contributed by atoms with Crippen LogP contribution in [0, 0.1) is 0 Å². The van der Waals surface area contributed by atoms with Gasteiger partial charge in [0.2, 0.25) is 0 Å². The van der Waals surface area contributed by atoms with E-state index in [0.717, 1.165) is 25.9 Å². The summed E-state index contributed by atoms with van der Waals surface area (Å²) in [6.45, 7) is 4.60. The number of aryl methyl sites for hydroxylation is 2. The Kier molecular flexibility index (Phi) is 4.78. The Bertz CT molecular complexity index is 373. The Morgan fingerprint density at radius 1 is 1.44 bits per heavy atom. The second-order valence-corrected chi connectivity index (χ2v) is 5.26. The van der Waals surface area contributed by atoms with Crippen LogP contribution in [-0.2, 0) is 20.0 Å². The van der Waals surface area contributed by atoms with Crippen LogP contribution in [0.3, 0.4) is 0 Å². The lowest BCUT2D eigenvalue weighted by molar-refractivity contribution is 0.112. The third-order valence-electron chi connectivity index (χ3n) is 3.91. The molecule has 1 aromatic rings. The van der Waals surface area contributed by atoms with Crippen molar-refractivity contribution in [2.75, 3.05) is 13.2 Å². The number of aliphatic hydroxyl groups is 1. The molecule has 0 aliphatic carbocycles. The predicted molar refractivity (Wildman–Crippen MR) is 72.3 cm³/mol. The average molecular weight is 251 g/mol. The molecule has 1 aromatic heterocycles. The van der Waals surface area contributed by atoms with Crippen molar-refractivity contribution in [1.82, 2.24) is 14.7 Å². The van der Waals surface area contributed by atoms with E-state index in [1.165, 1.54) is 30.5 Å². The first-order valence-electron chi connectivity index (χ1n) is 7.11. The van der Waals surface area contributed by atoms with E-state index in [1.54, 1.807) is 0 Å². The first kappa shape index (κ1) is 13.6. The van der Waals surface area contributed by atoms with Crippen LogP contribution in [0.25, 0.3) is 0 Å². The van der Waals surface area contributed by atoms with Crippen LogP contribution in [-0.4, -0.2) is 39.0 Å². The molecule has 0 bridgehead atoms. The average Bonchev–Trinajstić information content (AvgIpc) is 2.72. The molecule has 1 saturated heterocycles. The van der Waals surface area contributed by atoms with Crippen molar-refractivity contribution in [3.63, 3.8) is 0 Å². The minimum absolute atomic E-state index is 0.300. The summed E-state index contributed by atoms with van der Waals surface area (Å²) in [5.41, 5.74) is 2.57. The maximum absolute atomic E-state index is 9.16. The topological polar surface area (TPSA) is 41.3 Å². The van der Waals surface area contributed by atoms with E-state index in [4.69, 9.17) is 5.11 Å². The van der Waals surface area contributed by atoms with E-state index in [0.29, 0.717) is 12.6 Å². The molecule has 102 valence electrons. The molecule has 1 atom stereocenters. The van der Waals surface area contributed by atoms with E-state index in [2.05, 4.69) is 23.1 Å². The van der Waals surface area contributed by atoms with Gasteiger partial charge in [-0.05, 0) is 32.2 Å². The second kappa shape index (κ2) is 6.34. The smallest absolute Gasteiger partial charge is 0.0666 e. The number of aliphatic hydroxyl groups excluding tert-OH is 1. The highest BCUT2D eigenvalue weighted by molar-refractivity contribution is 5.17. The lowest BCUT2D eigenvalue weighted by Crippen LogP contribution is -2.39. The summed E-state index contributed by atoms with van der Waals surface area (Å²) in [7, 11) is 1.99. The molecule has 0 amide bonds. The standard InChI is InChI=1S/C14H25N3O/c1-3-14-12(10-16(2)15-14)11-17-8-5-4-6-13(17)7-9-18/h10,13,18H,3-9,11H2,1-2H3. The van der Waals surface area contributed by atoms with Crippen molar-refractivity contribution in [3.8, 4) is 0 Å². The SMILES string of the molecule is CCc1nn(C)cc1CN1CCCCC1CCO. The van der Waals surface area contributed by atoms with Gasteiger partial charge in [0.15, 0.2) is 0 Å². The van der Waals surface area contributed by atoms with Crippen LogP contribution in [0.2, 0.25) is 0 Å². The molecule has 2 heterocycles. The quantitative estimate of drug-likeness (QED) is 0.866. The van der Waals surface area contributed by atoms with Crippen LogP contribution in [0.1, 0.15) is 43.9 Å². The van der Waals surface area contributed by atoms with E-state index in [1.807, 2.05) is 11.7 Å². The van der Waals surface area contributed by atoms with E-state index < -0.39 is 0 Å². The lowest BCUT2D eigenvalue weighted by atomic mass is 9.99. The number of likely N-dealkylation sites (tertiary alicyclic amines) is 1. The van der Waals surface area contributed by atoms with Crippen LogP contribution in [0.5, 0.6) is 0 Å². The fourth-order valence-electron chi connectivity index (χ4n) is 2.98. The maximum Gasteiger partial charge on any atom is 0.0666 e. The molecule has 1 aliphatic heterocycles. The Morgan fingerprint density at radius 2 is 2.28 bits per heavy atom. The Balaban J connectivity index is 2.05. The minimum atomic E-state index is 0.300. The zero-order valence-electron chi connectivity index (χ0n) is 11.6. The molecule has 1 aliphatic rings. The molecule has 4 heteroatoms. The summed E-state index contributed by atoms with van der Waals surface area (Å²) in [5.74, 6) is 0. The van der Waals surface area contributed by atoms with Crippen molar-refractivity contribution in [2.24, 2.45) is 7.05 Å². The van der Waals surface area contributed by atoms with Gasteiger partial charge in [0.1, 0.15) is 0 Å². The van der Waals surface area contributed by atoms with Gasteiger partial charge >= 0.3 is 0 Å². The Morgan fingerprint density at radius 3 is 3.00 bits per heavy atom. The van der Waals surface area contributed by atoms with Crippen LogP contribution in [0.4, 0.5) is 0 Å². The predicted octanol–water partition coefficient (Wildman–Crippen LogP) is 1.72. The highest BCUT2D eigenvalue weighted by atomic mass is 16.3. The van der Waals surface area contributed by atoms with Crippen molar-refractivity contribution >= 4 is 0 Å². The monoisotopic (exact) mass is 251 g/mol. The molecular formula is C14H25N3O. The maximum atomic E-state index is 9.16.